The van der Waals surface area contributed by atoms with Gasteiger partial charge >= 0.3 is 5.97 Å². The molecule has 2 unspecified atom stereocenters. The minimum atomic E-state index is -0.587. The number of nitrogens with one attached hydrogen (secondary N) is 1. The van der Waals surface area contributed by atoms with Crippen LogP contribution in [-0.2, 0) is 9.53 Å². The molecular weight excluding hydrogens is 182 g/mol. The summed E-state index contributed by atoms with van der Waals surface area (Å²) in [6.45, 7) is 3.93. The van der Waals surface area contributed by atoms with E-state index in [4.69, 9.17) is 5.11 Å². The number of aliphatic hydroxyl groups excluding tert-OH is 1. The third-order valence-electron chi connectivity index (χ3n) is 2.24. The summed E-state index contributed by atoms with van der Waals surface area (Å²) in [6.07, 6.45) is 3.01. The zero-order valence-corrected chi connectivity index (χ0v) is 9.25. The zero-order chi connectivity index (χ0) is 11.0. The number of hydrogen-bond donors (Lipinski definition) is 2. The predicted octanol–water partition coefficient (Wildman–Crippen LogP) is 0.689. The minimum Gasteiger partial charge on any atom is -0.468 e. The van der Waals surface area contributed by atoms with Crippen molar-refractivity contribution in [2.75, 3.05) is 13.7 Å². The number of carbonyl (C=O) groups is 1. The Bertz CT molecular complexity index is 161. The second-order valence-electron chi connectivity index (χ2n) is 3.32. The Morgan fingerprint density at radius 1 is 1.50 bits per heavy atom. The van der Waals surface area contributed by atoms with Crippen LogP contribution in [0.4, 0.5) is 0 Å². The number of ether oxygens (including phenoxy) is 1. The first-order chi connectivity index (χ1) is 6.69. The van der Waals surface area contributed by atoms with Crippen LogP contribution in [-0.4, -0.2) is 36.9 Å². The highest BCUT2D eigenvalue weighted by Crippen LogP contribution is 2.02. The molecule has 0 heterocycles. The van der Waals surface area contributed by atoms with Crippen LogP contribution in [0.5, 0.6) is 0 Å². The molecule has 14 heavy (non-hydrogen) atoms. The quantitative estimate of drug-likeness (QED) is 0.598. The molecule has 0 aromatic carbocycles. The van der Waals surface area contributed by atoms with E-state index in [0.717, 1.165) is 19.3 Å². The van der Waals surface area contributed by atoms with E-state index in [9.17, 15) is 4.79 Å². The van der Waals surface area contributed by atoms with Gasteiger partial charge in [-0.05, 0) is 12.8 Å². The first-order valence-corrected chi connectivity index (χ1v) is 5.14. The minimum absolute atomic E-state index is 0.215. The van der Waals surface area contributed by atoms with E-state index in [1.54, 1.807) is 0 Å². The monoisotopic (exact) mass is 203 g/mol. The second-order valence-corrected chi connectivity index (χ2v) is 3.32. The van der Waals surface area contributed by atoms with Gasteiger partial charge in [0, 0.05) is 6.04 Å². The largest absolute Gasteiger partial charge is 0.468 e. The molecule has 4 nitrogen and oxygen atoms in total. The summed E-state index contributed by atoms with van der Waals surface area (Å²) in [6, 6.07) is -0.312. The van der Waals surface area contributed by atoms with Crippen LogP contribution >= 0.6 is 0 Å². The van der Waals surface area contributed by atoms with Gasteiger partial charge in [-0.15, -0.1) is 0 Å². The van der Waals surface area contributed by atoms with Gasteiger partial charge in [0.1, 0.15) is 6.04 Å². The topological polar surface area (TPSA) is 58.6 Å². The standard InChI is InChI=1S/C10H21NO3/c1-4-6-8(5-2)11-9(7-12)10(13)14-3/h8-9,11-12H,4-7H2,1-3H3. The van der Waals surface area contributed by atoms with Crippen LogP contribution in [0.1, 0.15) is 33.1 Å². The Kier molecular flexibility index (Phi) is 7.42. The van der Waals surface area contributed by atoms with E-state index in [2.05, 4.69) is 23.9 Å². The van der Waals surface area contributed by atoms with Gasteiger partial charge in [0.15, 0.2) is 0 Å². The summed E-state index contributed by atoms with van der Waals surface area (Å²) >= 11 is 0. The van der Waals surface area contributed by atoms with Gasteiger partial charge in [0.05, 0.1) is 13.7 Å². The maximum atomic E-state index is 11.2. The van der Waals surface area contributed by atoms with E-state index in [0.29, 0.717) is 0 Å². The first-order valence-electron chi connectivity index (χ1n) is 5.14. The Morgan fingerprint density at radius 3 is 2.50 bits per heavy atom. The van der Waals surface area contributed by atoms with Gasteiger partial charge in [0.2, 0.25) is 0 Å². The fraction of sp³-hybridized carbons (Fsp3) is 0.900. The molecular formula is C10H21NO3. The normalized spacial score (nSPS) is 14.9. The molecule has 0 aliphatic heterocycles. The van der Waals surface area contributed by atoms with Gasteiger partial charge in [-0.1, -0.05) is 20.3 Å². The molecule has 0 radical (unpaired) electrons. The smallest absolute Gasteiger partial charge is 0.325 e. The average molecular weight is 203 g/mol. The molecule has 0 spiro atoms. The number of aliphatic hydroxyl groups is 1. The molecule has 0 rings (SSSR count). The van der Waals surface area contributed by atoms with E-state index in [-0.39, 0.29) is 12.6 Å². The van der Waals surface area contributed by atoms with Crippen LogP contribution < -0.4 is 5.32 Å². The highest BCUT2D eigenvalue weighted by atomic mass is 16.5. The zero-order valence-electron chi connectivity index (χ0n) is 9.25. The molecule has 0 saturated carbocycles. The fourth-order valence-electron chi connectivity index (χ4n) is 1.38. The van der Waals surface area contributed by atoms with Crippen LogP contribution in [0.15, 0.2) is 0 Å². The molecule has 84 valence electrons. The van der Waals surface area contributed by atoms with Crippen LogP contribution in [0.25, 0.3) is 0 Å². The Hall–Kier alpha value is -0.610. The summed E-state index contributed by atoms with van der Waals surface area (Å²) in [5.74, 6) is -0.401. The number of rotatable bonds is 7. The highest BCUT2D eigenvalue weighted by molar-refractivity contribution is 5.75. The molecule has 0 saturated heterocycles. The van der Waals surface area contributed by atoms with Crippen molar-refractivity contribution in [3.05, 3.63) is 0 Å². The lowest BCUT2D eigenvalue weighted by atomic mass is 10.1. The highest BCUT2D eigenvalue weighted by Gasteiger charge is 2.20. The number of esters is 1. The van der Waals surface area contributed by atoms with Crippen molar-refractivity contribution in [2.45, 2.75) is 45.2 Å². The first kappa shape index (κ1) is 13.4. The molecule has 0 aliphatic rings. The average Bonchev–Trinajstić information content (AvgIpc) is 2.23. The van der Waals surface area contributed by atoms with Crippen molar-refractivity contribution in [1.29, 1.82) is 0 Å². The van der Waals surface area contributed by atoms with E-state index in [1.807, 2.05) is 0 Å². The summed E-state index contributed by atoms with van der Waals surface area (Å²) in [7, 11) is 1.33. The molecule has 2 atom stereocenters. The van der Waals surface area contributed by atoms with Crippen molar-refractivity contribution in [3.8, 4) is 0 Å². The van der Waals surface area contributed by atoms with Crippen molar-refractivity contribution in [1.82, 2.24) is 5.32 Å². The van der Waals surface area contributed by atoms with Crippen molar-refractivity contribution in [3.63, 3.8) is 0 Å². The van der Waals surface area contributed by atoms with Gasteiger partial charge in [-0.25, -0.2) is 0 Å². The molecule has 0 aromatic heterocycles. The third-order valence-corrected chi connectivity index (χ3v) is 2.24. The number of methoxy groups -OCH3 is 1. The maximum absolute atomic E-state index is 11.2. The lowest BCUT2D eigenvalue weighted by Gasteiger charge is -2.21. The summed E-state index contributed by atoms with van der Waals surface area (Å²) < 4.78 is 4.57. The van der Waals surface area contributed by atoms with Crippen molar-refractivity contribution >= 4 is 5.97 Å². The lowest BCUT2D eigenvalue weighted by Crippen LogP contribution is -2.46. The molecule has 0 bridgehead atoms. The molecule has 4 heteroatoms. The Balaban J connectivity index is 4.06. The summed E-state index contributed by atoms with van der Waals surface area (Å²) in [4.78, 5) is 11.2. The van der Waals surface area contributed by atoms with Gasteiger partial charge in [-0.2, -0.15) is 0 Å². The second kappa shape index (κ2) is 7.76. The van der Waals surface area contributed by atoms with Crippen LogP contribution in [0.2, 0.25) is 0 Å². The summed E-state index contributed by atoms with van der Waals surface area (Å²) in [5, 5.41) is 12.1. The van der Waals surface area contributed by atoms with Crippen LogP contribution in [0, 0.1) is 0 Å². The van der Waals surface area contributed by atoms with E-state index < -0.39 is 12.0 Å². The molecule has 0 aliphatic carbocycles. The summed E-state index contributed by atoms with van der Waals surface area (Å²) in [5.41, 5.74) is 0. The number of carbonyl (C=O) groups excluding carboxylic acids is 1. The molecule has 2 N–H and O–H groups in total. The lowest BCUT2D eigenvalue weighted by molar-refractivity contribution is -0.144. The van der Waals surface area contributed by atoms with Gasteiger partial charge < -0.3 is 9.84 Å². The van der Waals surface area contributed by atoms with Crippen LogP contribution in [0.3, 0.4) is 0 Å². The SMILES string of the molecule is CCCC(CC)NC(CO)C(=O)OC. The molecule has 0 aromatic rings. The molecule has 0 amide bonds. The fourth-order valence-corrected chi connectivity index (χ4v) is 1.38. The maximum Gasteiger partial charge on any atom is 0.325 e. The Labute approximate surface area is 85.6 Å². The van der Waals surface area contributed by atoms with E-state index in [1.165, 1.54) is 7.11 Å². The van der Waals surface area contributed by atoms with E-state index >= 15 is 0 Å². The predicted molar refractivity (Wildman–Crippen MR) is 55.0 cm³/mol. The Morgan fingerprint density at radius 2 is 2.14 bits per heavy atom. The van der Waals surface area contributed by atoms with Crippen molar-refractivity contribution < 1.29 is 14.6 Å². The van der Waals surface area contributed by atoms with Gasteiger partial charge in [-0.3, -0.25) is 10.1 Å². The van der Waals surface area contributed by atoms with Gasteiger partial charge in [0.25, 0.3) is 0 Å². The molecule has 0 fully saturated rings. The third kappa shape index (κ3) is 4.58. The van der Waals surface area contributed by atoms with Crippen molar-refractivity contribution in [2.24, 2.45) is 0 Å². The number of hydrogen-bond acceptors (Lipinski definition) is 4.